The smallest absolute Gasteiger partial charge is 0.252 e. The number of ether oxygens (including phenoxy) is 2. The SMILES string of the molecule is CC[C@@H](c1nnnn1C(C)(C)CC)N(Cc1ccc2c(c1)OCO2)Cc1cc2ccc(C)c(C)c2[nH]c1=O. The van der Waals surface area contributed by atoms with E-state index in [2.05, 4.69) is 72.2 Å². The molecule has 5 rings (SSSR count). The molecule has 0 amide bonds. The fourth-order valence-corrected chi connectivity index (χ4v) is 5.04. The van der Waals surface area contributed by atoms with Crippen molar-refractivity contribution in [1.29, 1.82) is 0 Å². The van der Waals surface area contributed by atoms with E-state index in [-0.39, 0.29) is 23.9 Å². The summed E-state index contributed by atoms with van der Waals surface area (Å²) in [5.41, 5.74) is 4.58. The van der Waals surface area contributed by atoms with Crippen LogP contribution in [0.15, 0.2) is 41.2 Å². The lowest BCUT2D eigenvalue weighted by Gasteiger charge is -2.33. The van der Waals surface area contributed by atoms with Crippen LogP contribution in [0.1, 0.15) is 74.7 Å². The molecule has 0 unspecified atom stereocenters. The largest absolute Gasteiger partial charge is 0.454 e. The second-order valence-corrected chi connectivity index (χ2v) is 10.7. The maximum absolute atomic E-state index is 13.3. The van der Waals surface area contributed by atoms with E-state index >= 15 is 0 Å². The monoisotopic (exact) mass is 516 g/mol. The summed E-state index contributed by atoms with van der Waals surface area (Å²) >= 11 is 0. The number of nitrogens with one attached hydrogen (secondary N) is 1. The maximum atomic E-state index is 13.3. The lowest BCUT2D eigenvalue weighted by atomic mass is 10.0. The van der Waals surface area contributed by atoms with Crippen LogP contribution in [0.25, 0.3) is 10.9 Å². The van der Waals surface area contributed by atoms with E-state index in [0.717, 1.165) is 57.8 Å². The summed E-state index contributed by atoms with van der Waals surface area (Å²) < 4.78 is 13.1. The average Bonchev–Trinajstić information content (AvgIpc) is 3.58. The molecule has 2 aromatic carbocycles. The summed E-state index contributed by atoms with van der Waals surface area (Å²) in [5, 5.41) is 13.9. The molecule has 4 aromatic rings. The van der Waals surface area contributed by atoms with Crippen LogP contribution in [0, 0.1) is 13.8 Å². The molecule has 9 heteroatoms. The summed E-state index contributed by atoms with van der Waals surface area (Å²) in [6, 6.07) is 12.1. The van der Waals surface area contributed by atoms with Gasteiger partial charge in [-0.05, 0) is 91.2 Å². The molecule has 9 nitrogen and oxygen atoms in total. The standard InChI is InChI=1S/C29H36N6O3/c1-7-23(27-31-32-33-35(27)29(5,6)8-2)34(15-20-10-12-24-25(13-20)38-17-37-24)16-22-14-21-11-9-18(3)19(4)26(21)30-28(22)36/h9-14,23H,7-8,15-17H2,1-6H3,(H,30,36)/t23-/m0/s1. The molecule has 200 valence electrons. The van der Waals surface area contributed by atoms with Crippen LogP contribution in [0.4, 0.5) is 0 Å². The van der Waals surface area contributed by atoms with Gasteiger partial charge in [0.2, 0.25) is 6.79 Å². The van der Waals surface area contributed by atoms with Crippen LogP contribution in [0.2, 0.25) is 0 Å². The summed E-state index contributed by atoms with van der Waals surface area (Å²) in [5.74, 6) is 2.28. The second kappa shape index (κ2) is 10.2. The number of aromatic amines is 1. The lowest BCUT2D eigenvalue weighted by Crippen LogP contribution is -2.36. The van der Waals surface area contributed by atoms with Gasteiger partial charge in [0, 0.05) is 18.7 Å². The third kappa shape index (κ3) is 4.78. The summed E-state index contributed by atoms with van der Waals surface area (Å²) in [6.45, 7) is 13.9. The van der Waals surface area contributed by atoms with Gasteiger partial charge in [-0.1, -0.05) is 32.0 Å². The predicted octanol–water partition coefficient (Wildman–Crippen LogP) is 5.16. The van der Waals surface area contributed by atoms with Crippen molar-refractivity contribution in [2.45, 2.75) is 79.1 Å². The Morgan fingerprint density at radius 3 is 2.63 bits per heavy atom. The number of hydrogen-bond donors (Lipinski definition) is 1. The highest BCUT2D eigenvalue weighted by Gasteiger charge is 2.31. The number of fused-ring (bicyclic) bond motifs is 2. The van der Waals surface area contributed by atoms with Crippen LogP contribution in [-0.2, 0) is 18.6 Å². The van der Waals surface area contributed by atoms with Crippen LogP contribution in [0.5, 0.6) is 11.5 Å². The molecule has 3 heterocycles. The highest BCUT2D eigenvalue weighted by Crippen LogP contribution is 2.35. The Morgan fingerprint density at radius 2 is 1.87 bits per heavy atom. The van der Waals surface area contributed by atoms with Crippen LogP contribution in [0.3, 0.4) is 0 Å². The fraction of sp³-hybridized carbons (Fsp3) is 0.448. The Hall–Kier alpha value is -3.72. The number of tetrazole rings is 1. The minimum atomic E-state index is -0.244. The van der Waals surface area contributed by atoms with Crippen molar-refractivity contribution in [2.75, 3.05) is 6.79 Å². The summed E-state index contributed by atoms with van der Waals surface area (Å²) in [7, 11) is 0. The number of hydrogen-bond acceptors (Lipinski definition) is 7. The minimum Gasteiger partial charge on any atom is -0.454 e. The van der Waals surface area contributed by atoms with E-state index < -0.39 is 0 Å². The second-order valence-electron chi connectivity index (χ2n) is 10.7. The number of rotatable bonds is 9. The molecule has 0 fully saturated rings. The van der Waals surface area contributed by atoms with Gasteiger partial charge in [-0.25, -0.2) is 4.68 Å². The molecule has 2 aromatic heterocycles. The Morgan fingerprint density at radius 1 is 1.08 bits per heavy atom. The Bertz CT molecular complexity index is 1520. The number of aryl methyl sites for hydroxylation is 2. The Kier molecular flexibility index (Phi) is 6.96. The van der Waals surface area contributed by atoms with Crippen molar-refractivity contribution in [2.24, 2.45) is 0 Å². The molecule has 1 atom stereocenters. The number of H-pyrrole nitrogens is 1. The Balaban J connectivity index is 1.57. The first-order chi connectivity index (χ1) is 18.2. The van der Waals surface area contributed by atoms with Crippen molar-refractivity contribution in [3.05, 3.63) is 74.8 Å². The highest BCUT2D eigenvalue weighted by molar-refractivity contribution is 5.83. The molecule has 0 saturated carbocycles. The predicted molar refractivity (Wildman–Crippen MR) is 146 cm³/mol. The van der Waals surface area contributed by atoms with Crippen molar-refractivity contribution in [1.82, 2.24) is 30.1 Å². The van der Waals surface area contributed by atoms with Gasteiger partial charge in [0.15, 0.2) is 17.3 Å². The van der Waals surface area contributed by atoms with E-state index in [1.807, 2.05) is 35.9 Å². The van der Waals surface area contributed by atoms with Crippen LogP contribution >= 0.6 is 0 Å². The fourth-order valence-electron chi connectivity index (χ4n) is 5.04. The molecule has 1 aliphatic heterocycles. The third-order valence-electron chi connectivity index (χ3n) is 7.88. The van der Waals surface area contributed by atoms with Crippen molar-refractivity contribution >= 4 is 10.9 Å². The Labute approximate surface area is 222 Å². The van der Waals surface area contributed by atoms with Crippen LogP contribution in [-0.4, -0.2) is 36.9 Å². The van der Waals surface area contributed by atoms with Crippen molar-refractivity contribution in [3.63, 3.8) is 0 Å². The zero-order valence-electron chi connectivity index (χ0n) is 23.0. The highest BCUT2D eigenvalue weighted by atomic mass is 16.7. The number of aromatic nitrogens is 5. The number of nitrogens with zero attached hydrogens (tertiary/aromatic N) is 5. The normalized spacial score (nSPS) is 14.0. The summed E-state index contributed by atoms with van der Waals surface area (Å²) in [6.07, 6.45) is 1.65. The molecule has 0 aliphatic carbocycles. The first kappa shape index (κ1) is 25.9. The van der Waals surface area contributed by atoms with E-state index in [1.54, 1.807) is 0 Å². The van der Waals surface area contributed by atoms with Gasteiger partial charge in [-0.2, -0.15) is 0 Å². The number of pyridine rings is 1. The van der Waals surface area contributed by atoms with Crippen molar-refractivity contribution in [3.8, 4) is 11.5 Å². The quantitative estimate of drug-likeness (QED) is 0.328. The molecule has 0 radical (unpaired) electrons. The summed E-state index contributed by atoms with van der Waals surface area (Å²) in [4.78, 5) is 18.8. The molecule has 38 heavy (non-hydrogen) atoms. The number of benzene rings is 2. The van der Waals surface area contributed by atoms with E-state index in [1.165, 1.54) is 0 Å². The van der Waals surface area contributed by atoms with Gasteiger partial charge in [0.1, 0.15) is 0 Å². The maximum Gasteiger partial charge on any atom is 0.252 e. The van der Waals surface area contributed by atoms with Gasteiger partial charge < -0.3 is 14.5 Å². The van der Waals surface area contributed by atoms with Gasteiger partial charge in [-0.3, -0.25) is 9.69 Å². The van der Waals surface area contributed by atoms with Crippen LogP contribution < -0.4 is 15.0 Å². The third-order valence-corrected chi connectivity index (χ3v) is 7.88. The van der Waals surface area contributed by atoms with E-state index in [0.29, 0.717) is 18.7 Å². The van der Waals surface area contributed by atoms with Gasteiger partial charge in [0.05, 0.1) is 17.1 Å². The topological polar surface area (TPSA) is 98.2 Å². The molecular formula is C29H36N6O3. The zero-order valence-corrected chi connectivity index (χ0v) is 23.0. The first-order valence-electron chi connectivity index (χ1n) is 13.2. The van der Waals surface area contributed by atoms with E-state index in [4.69, 9.17) is 9.47 Å². The van der Waals surface area contributed by atoms with E-state index in [9.17, 15) is 4.79 Å². The molecule has 0 spiro atoms. The van der Waals surface area contributed by atoms with Gasteiger partial charge in [0.25, 0.3) is 5.56 Å². The molecule has 0 bridgehead atoms. The first-order valence-corrected chi connectivity index (χ1v) is 13.2. The van der Waals surface area contributed by atoms with Gasteiger partial charge in [-0.15, -0.1) is 5.10 Å². The molecular weight excluding hydrogens is 480 g/mol. The zero-order chi connectivity index (χ0) is 27.0. The minimum absolute atomic E-state index is 0.0785. The average molecular weight is 517 g/mol. The van der Waals surface area contributed by atoms with Gasteiger partial charge >= 0.3 is 0 Å². The lowest BCUT2D eigenvalue weighted by molar-refractivity contribution is 0.150. The molecule has 1 aliphatic rings. The molecule has 0 saturated heterocycles. The molecule has 1 N–H and O–H groups in total. The van der Waals surface area contributed by atoms with Crippen molar-refractivity contribution < 1.29 is 9.47 Å².